The fourth-order valence-corrected chi connectivity index (χ4v) is 5.39. The minimum atomic E-state index is -4.69. The number of hydrogen-bond acceptors (Lipinski definition) is 6. The van der Waals surface area contributed by atoms with E-state index in [1.807, 2.05) is 0 Å². The van der Waals surface area contributed by atoms with Crippen LogP contribution in [0.15, 0.2) is 53.6 Å². The van der Waals surface area contributed by atoms with Gasteiger partial charge in [0.15, 0.2) is 0 Å². The van der Waals surface area contributed by atoms with Crippen molar-refractivity contribution in [1.82, 2.24) is 10.5 Å². The van der Waals surface area contributed by atoms with Crippen molar-refractivity contribution in [3.05, 3.63) is 71.3 Å². The highest BCUT2D eigenvalue weighted by Crippen LogP contribution is 2.51. The average molecular weight is 527 g/mol. The number of phosphoric acid groups is 1. The molecule has 1 heterocycles. The summed E-state index contributed by atoms with van der Waals surface area (Å²) in [6, 6.07) is 11.0. The quantitative estimate of drug-likeness (QED) is 0.237. The van der Waals surface area contributed by atoms with Gasteiger partial charge in [0.1, 0.15) is 21.5 Å². The lowest BCUT2D eigenvalue weighted by Crippen LogP contribution is -2.46. The Kier molecular flexibility index (Phi) is 7.89. The molecule has 9 nitrogen and oxygen atoms in total. The summed E-state index contributed by atoms with van der Waals surface area (Å²) >= 11 is 1.04. The number of thioether (sulfide) groups is 1. The maximum absolute atomic E-state index is 14.6. The molecule has 2 amide bonds. The topological polar surface area (TPSA) is 121 Å². The van der Waals surface area contributed by atoms with E-state index < -0.39 is 30.4 Å². The second-order valence-corrected chi connectivity index (χ2v) is 10.7. The summed E-state index contributed by atoms with van der Waals surface area (Å²) in [4.78, 5) is 35.3. The number of nitrogens with one attached hydrogen (secondary N) is 1. The van der Waals surface area contributed by atoms with Crippen LogP contribution in [0.4, 0.5) is 13.6 Å². The number of nitrogens with zero attached hydrogens (tertiary/aromatic N) is 2. The molecule has 1 atom stereocenters. The Morgan fingerprint density at radius 3 is 2.66 bits per heavy atom. The molecule has 2 aromatic rings. The molecule has 1 aliphatic carbocycles. The molecule has 3 N–H and O–H groups in total. The van der Waals surface area contributed by atoms with Gasteiger partial charge in [0, 0.05) is 5.56 Å². The predicted molar refractivity (Wildman–Crippen MR) is 125 cm³/mol. The van der Waals surface area contributed by atoms with Crippen LogP contribution < -0.4 is 5.48 Å². The maximum Gasteiger partial charge on any atom is 0.469 e. The Balaban J connectivity index is 1.67. The van der Waals surface area contributed by atoms with Crippen LogP contribution in [-0.4, -0.2) is 39.1 Å². The zero-order chi connectivity index (χ0) is 25.1. The first-order valence-corrected chi connectivity index (χ1v) is 13.2. The molecule has 13 heteroatoms. The van der Waals surface area contributed by atoms with E-state index in [0.717, 1.165) is 47.8 Å². The van der Waals surface area contributed by atoms with E-state index in [1.54, 1.807) is 30.3 Å². The van der Waals surface area contributed by atoms with Crippen molar-refractivity contribution < 1.29 is 37.3 Å². The number of carbonyl (C=O) groups is 1. The van der Waals surface area contributed by atoms with Gasteiger partial charge in [-0.2, -0.15) is 10.1 Å². The van der Waals surface area contributed by atoms with Gasteiger partial charge in [0.05, 0.1) is 13.2 Å². The highest BCUT2D eigenvalue weighted by Gasteiger charge is 2.49. The molecule has 0 aromatic heterocycles. The molecule has 0 bridgehead atoms. The molecule has 2 aliphatic rings. The van der Waals surface area contributed by atoms with Crippen molar-refractivity contribution >= 4 is 30.7 Å². The third-order valence-electron chi connectivity index (χ3n) is 5.47. The molecule has 0 saturated heterocycles. The first kappa shape index (κ1) is 25.7. The number of hydrogen-bond donors (Lipinski definition) is 3. The van der Waals surface area contributed by atoms with Gasteiger partial charge in [0.25, 0.3) is 0 Å². The molecule has 4 rings (SSSR count). The first-order valence-electron chi connectivity index (χ1n) is 10.9. The fraction of sp³-hybridized carbons (Fsp3) is 0.364. The maximum atomic E-state index is 14.6. The minimum Gasteiger partial charge on any atom is -0.303 e. The monoisotopic (exact) mass is 527 g/mol. The molecule has 0 spiro atoms. The van der Waals surface area contributed by atoms with Crippen LogP contribution in [0.25, 0.3) is 0 Å². The Hall–Kier alpha value is -2.34. The van der Waals surface area contributed by atoms with Crippen LogP contribution in [0, 0.1) is 17.6 Å². The van der Waals surface area contributed by atoms with E-state index >= 15 is 0 Å². The number of carbonyl (C=O) groups excluding carboxylic acids is 1. The van der Waals surface area contributed by atoms with Crippen molar-refractivity contribution in [2.24, 2.45) is 11.0 Å². The molecule has 1 aliphatic heterocycles. The van der Waals surface area contributed by atoms with Crippen LogP contribution in [-0.2, 0) is 18.8 Å². The van der Waals surface area contributed by atoms with Crippen molar-refractivity contribution in [1.29, 1.82) is 0 Å². The molecule has 1 unspecified atom stereocenters. The average Bonchev–Trinajstić information content (AvgIpc) is 3.56. The van der Waals surface area contributed by atoms with Gasteiger partial charge in [-0.3, -0.25) is 9.36 Å². The van der Waals surface area contributed by atoms with Crippen LogP contribution in [0.1, 0.15) is 36.8 Å². The van der Waals surface area contributed by atoms with Crippen molar-refractivity contribution in [2.45, 2.75) is 30.6 Å². The summed E-state index contributed by atoms with van der Waals surface area (Å²) in [5, 5.41) is 5.53. The molecular weight excluding hydrogens is 503 g/mol. The zero-order valence-corrected chi connectivity index (χ0v) is 20.2. The first-order chi connectivity index (χ1) is 16.7. The molecule has 0 radical (unpaired) electrons. The number of halogens is 2. The van der Waals surface area contributed by atoms with Gasteiger partial charge in [-0.05, 0) is 55.4 Å². The summed E-state index contributed by atoms with van der Waals surface area (Å²) in [7, 11) is -4.69. The van der Waals surface area contributed by atoms with Gasteiger partial charge in [-0.1, -0.05) is 42.1 Å². The van der Waals surface area contributed by atoms with E-state index in [-0.39, 0.29) is 30.1 Å². The Bertz CT molecular complexity index is 1150. The Labute approximate surface area is 204 Å². The Morgan fingerprint density at radius 2 is 1.97 bits per heavy atom. The summed E-state index contributed by atoms with van der Waals surface area (Å²) in [5.74, 6) is -0.996. The largest absolute Gasteiger partial charge is 0.469 e. The van der Waals surface area contributed by atoms with Gasteiger partial charge < -0.3 is 9.79 Å². The number of rotatable bonds is 10. The van der Waals surface area contributed by atoms with Gasteiger partial charge in [-0.25, -0.2) is 23.6 Å². The minimum absolute atomic E-state index is 0.0686. The molecule has 1 fully saturated rings. The number of hydrazone groups is 1. The number of amides is 2. The third kappa shape index (κ3) is 6.46. The zero-order valence-electron chi connectivity index (χ0n) is 18.5. The fourth-order valence-electron chi connectivity index (χ4n) is 3.60. The summed E-state index contributed by atoms with van der Waals surface area (Å²) in [6.45, 7) is 0.0486. The number of urea groups is 1. The summed E-state index contributed by atoms with van der Waals surface area (Å²) in [5.41, 5.74) is 2.88. The van der Waals surface area contributed by atoms with Crippen molar-refractivity contribution in [2.75, 3.05) is 13.2 Å². The van der Waals surface area contributed by atoms with E-state index in [0.29, 0.717) is 18.1 Å². The number of hydroxylamine groups is 1. The lowest BCUT2D eigenvalue weighted by atomic mass is 10.0. The molecule has 188 valence electrons. The number of benzene rings is 2. The lowest BCUT2D eigenvalue weighted by Gasteiger charge is -2.35. The van der Waals surface area contributed by atoms with Crippen LogP contribution in [0.2, 0.25) is 0 Å². The highest BCUT2D eigenvalue weighted by molar-refractivity contribution is 8.15. The van der Waals surface area contributed by atoms with E-state index in [9.17, 15) is 18.1 Å². The Morgan fingerprint density at radius 1 is 1.23 bits per heavy atom. The second-order valence-electron chi connectivity index (χ2n) is 8.18. The number of phosphoric ester groups is 1. The smallest absolute Gasteiger partial charge is 0.303 e. The van der Waals surface area contributed by atoms with Crippen molar-refractivity contribution in [3.63, 3.8) is 0 Å². The molecule has 35 heavy (non-hydrogen) atoms. The standard InChI is InChI=1S/C22H24F2N3O6PS/c23-17-9-10-19(24)18(13-17)20-25-27(21(28)26-32-14-15-7-8-15)22(35-20,16-5-2-1-3-6-16)11-4-12-33-34(29,30)31/h1-3,5-6,9-10,13,15H,4,7-8,11-12,14H2,(H,26,28)(H2,29,30,31). The molecule has 2 aromatic carbocycles. The highest BCUT2D eigenvalue weighted by atomic mass is 32.2. The van der Waals surface area contributed by atoms with Gasteiger partial charge in [0.2, 0.25) is 0 Å². The van der Waals surface area contributed by atoms with Crippen molar-refractivity contribution in [3.8, 4) is 0 Å². The predicted octanol–water partition coefficient (Wildman–Crippen LogP) is 4.47. The SMILES string of the molecule is O=C(NOCC1CC1)N1N=C(c2cc(F)ccc2F)SC1(CCCOP(=O)(O)O)c1ccccc1. The summed E-state index contributed by atoms with van der Waals surface area (Å²) < 4.78 is 44.3. The summed E-state index contributed by atoms with van der Waals surface area (Å²) in [6.07, 6.45) is 2.28. The van der Waals surface area contributed by atoms with Crippen LogP contribution in [0.3, 0.4) is 0 Å². The van der Waals surface area contributed by atoms with Crippen LogP contribution >= 0.6 is 19.6 Å². The van der Waals surface area contributed by atoms with Gasteiger partial charge in [-0.15, -0.1) is 0 Å². The normalized spacial score (nSPS) is 20.1. The van der Waals surface area contributed by atoms with E-state index in [1.165, 1.54) is 0 Å². The van der Waals surface area contributed by atoms with Crippen LogP contribution in [0.5, 0.6) is 0 Å². The third-order valence-corrected chi connectivity index (χ3v) is 7.43. The molecular formula is C22H24F2N3O6PS. The van der Waals surface area contributed by atoms with E-state index in [2.05, 4.69) is 15.1 Å². The second kappa shape index (κ2) is 10.7. The lowest BCUT2D eigenvalue weighted by molar-refractivity contribution is 0.0332. The van der Waals surface area contributed by atoms with E-state index in [4.69, 9.17) is 14.6 Å². The van der Waals surface area contributed by atoms with Gasteiger partial charge >= 0.3 is 13.9 Å². The molecule has 1 saturated carbocycles.